The van der Waals surface area contributed by atoms with Crippen LogP contribution in [0.5, 0.6) is 11.5 Å². The smallest absolute Gasteiger partial charge is 0.407 e. The standard InChI is InChI=1S/C17H21FN4O3/c1-17(2,3)25-16(23)22-9-11-13(6-7-21-15(11)20)24-14-5-4-10(19)8-12(14)18/h4-8H,9,19H2,1-3H3,(H2,20,21)(H,22,23). The Bertz CT molecular complexity index is 775. The fraction of sp³-hybridized carbons (Fsp3) is 0.294. The highest BCUT2D eigenvalue weighted by Gasteiger charge is 2.18. The second kappa shape index (κ2) is 7.25. The summed E-state index contributed by atoms with van der Waals surface area (Å²) in [5.41, 5.74) is 11.4. The lowest BCUT2D eigenvalue weighted by Crippen LogP contribution is -2.32. The quantitative estimate of drug-likeness (QED) is 0.731. The molecule has 2 aromatic rings. The SMILES string of the molecule is CC(C)(C)OC(=O)NCc1c(Oc2ccc(N)cc2F)ccnc1N. The molecule has 5 N–H and O–H groups in total. The maximum absolute atomic E-state index is 13.9. The summed E-state index contributed by atoms with van der Waals surface area (Å²) in [5, 5.41) is 2.57. The Morgan fingerprint density at radius 3 is 2.60 bits per heavy atom. The number of benzene rings is 1. The topological polar surface area (TPSA) is 112 Å². The molecule has 0 aliphatic heterocycles. The molecule has 0 radical (unpaired) electrons. The molecule has 0 fully saturated rings. The number of nitrogens with zero attached hydrogens (tertiary/aromatic N) is 1. The van der Waals surface area contributed by atoms with E-state index in [9.17, 15) is 9.18 Å². The summed E-state index contributed by atoms with van der Waals surface area (Å²) in [6, 6.07) is 5.60. The van der Waals surface area contributed by atoms with Crippen molar-refractivity contribution in [3.05, 3.63) is 41.8 Å². The second-order valence-corrected chi connectivity index (χ2v) is 6.32. The number of amides is 1. The van der Waals surface area contributed by atoms with Crippen molar-refractivity contribution in [2.24, 2.45) is 0 Å². The molecule has 1 heterocycles. The van der Waals surface area contributed by atoms with E-state index in [1.807, 2.05) is 0 Å². The summed E-state index contributed by atoms with van der Waals surface area (Å²) < 4.78 is 24.7. The Morgan fingerprint density at radius 1 is 1.24 bits per heavy atom. The molecule has 1 aromatic heterocycles. The summed E-state index contributed by atoms with van der Waals surface area (Å²) in [7, 11) is 0. The maximum atomic E-state index is 13.9. The number of hydrogen-bond acceptors (Lipinski definition) is 6. The van der Waals surface area contributed by atoms with Gasteiger partial charge < -0.3 is 26.3 Å². The molecular weight excluding hydrogens is 327 g/mol. The van der Waals surface area contributed by atoms with Gasteiger partial charge in [-0.1, -0.05) is 0 Å². The summed E-state index contributed by atoms with van der Waals surface area (Å²) in [5.74, 6) is -0.198. The van der Waals surface area contributed by atoms with Crippen molar-refractivity contribution in [1.29, 1.82) is 0 Å². The van der Waals surface area contributed by atoms with Crippen molar-refractivity contribution >= 4 is 17.6 Å². The average Bonchev–Trinajstić information content (AvgIpc) is 2.47. The van der Waals surface area contributed by atoms with Crippen molar-refractivity contribution in [1.82, 2.24) is 10.3 Å². The Morgan fingerprint density at radius 2 is 1.96 bits per heavy atom. The van der Waals surface area contributed by atoms with Gasteiger partial charge in [-0.25, -0.2) is 14.2 Å². The third-order valence-electron chi connectivity index (χ3n) is 3.03. The lowest BCUT2D eigenvalue weighted by atomic mass is 10.2. The van der Waals surface area contributed by atoms with Crippen LogP contribution in [0.2, 0.25) is 0 Å². The van der Waals surface area contributed by atoms with Gasteiger partial charge in [-0.05, 0) is 39.0 Å². The van der Waals surface area contributed by atoms with E-state index in [2.05, 4.69) is 10.3 Å². The zero-order valence-corrected chi connectivity index (χ0v) is 14.3. The van der Waals surface area contributed by atoms with Crippen LogP contribution in [0.3, 0.4) is 0 Å². The van der Waals surface area contributed by atoms with Gasteiger partial charge in [-0.2, -0.15) is 0 Å². The van der Waals surface area contributed by atoms with Crippen molar-refractivity contribution in [2.45, 2.75) is 32.9 Å². The number of carbonyl (C=O) groups excluding carboxylic acids is 1. The second-order valence-electron chi connectivity index (χ2n) is 6.32. The summed E-state index contributed by atoms with van der Waals surface area (Å²) >= 11 is 0. The molecular formula is C17H21FN4O3. The minimum absolute atomic E-state index is 0.0144. The number of alkyl carbamates (subject to hydrolysis) is 1. The van der Waals surface area contributed by atoms with Gasteiger partial charge in [0.25, 0.3) is 0 Å². The Balaban J connectivity index is 2.17. The zero-order valence-electron chi connectivity index (χ0n) is 14.3. The van der Waals surface area contributed by atoms with E-state index in [4.69, 9.17) is 20.9 Å². The van der Waals surface area contributed by atoms with Gasteiger partial charge in [0.05, 0.1) is 12.1 Å². The number of halogens is 1. The van der Waals surface area contributed by atoms with Gasteiger partial charge in [0.2, 0.25) is 0 Å². The Kier molecular flexibility index (Phi) is 5.31. The van der Waals surface area contributed by atoms with Crippen LogP contribution in [0.15, 0.2) is 30.5 Å². The van der Waals surface area contributed by atoms with E-state index < -0.39 is 17.5 Å². The first kappa shape index (κ1) is 18.3. The third kappa shape index (κ3) is 5.23. The van der Waals surface area contributed by atoms with Crippen LogP contribution in [0.1, 0.15) is 26.3 Å². The predicted octanol–water partition coefficient (Wildman–Crippen LogP) is 3.20. The first-order valence-corrected chi connectivity index (χ1v) is 7.59. The molecule has 8 heteroatoms. The van der Waals surface area contributed by atoms with E-state index >= 15 is 0 Å². The molecule has 0 aliphatic carbocycles. The average molecular weight is 348 g/mol. The van der Waals surface area contributed by atoms with E-state index in [0.717, 1.165) is 6.07 Å². The number of rotatable bonds is 4. The van der Waals surface area contributed by atoms with Crippen molar-refractivity contribution in [3.8, 4) is 11.5 Å². The lowest BCUT2D eigenvalue weighted by Gasteiger charge is -2.20. The van der Waals surface area contributed by atoms with E-state index in [-0.39, 0.29) is 29.5 Å². The fourth-order valence-corrected chi connectivity index (χ4v) is 1.96. The van der Waals surface area contributed by atoms with Crippen LogP contribution < -0.4 is 21.5 Å². The van der Waals surface area contributed by atoms with Crippen LogP contribution in [0.4, 0.5) is 20.7 Å². The number of pyridine rings is 1. The molecule has 1 amide bonds. The van der Waals surface area contributed by atoms with E-state index in [1.165, 1.54) is 24.4 Å². The van der Waals surface area contributed by atoms with Crippen molar-refractivity contribution < 1.29 is 18.7 Å². The van der Waals surface area contributed by atoms with Crippen LogP contribution in [0.25, 0.3) is 0 Å². The van der Waals surface area contributed by atoms with Gasteiger partial charge in [0.15, 0.2) is 11.6 Å². The molecule has 7 nitrogen and oxygen atoms in total. The molecule has 0 spiro atoms. The number of carbonyl (C=O) groups is 1. The number of nitrogens with two attached hydrogens (primary N) is 2. The molecule has 2 rings (SSSR count). The van der Waals surface area contributed by atoms with Crippen molar-refractivity contribution in [3.63, 3.8) is 0 Å². The molecule has 1 aromatic carbocycles. The maximum Gasteiger partial charge on any atom is 0.407 e. The first-order valence-electron chi connectivity index (χ1n) is 7.59. The summed E-state index contributed by atoms with van der Waals surface area (Å²) in [4.78, 5) is 15.8. The molecule has 0 saturated carbocycles. The predicted molar refractivity (Wildman–Crippen MR) is 92.6 cm³/mol. The number of aromatic nitrogens is 1. The highest BCUT2D eigenvalue weighted by molar-refractivity contribution is 5.68. The van der Waals surface area contributed by atoms with Gasteiger partial charge in [0.1, 0.15) is 17.2 Å². The third-order valence-corrected chi connectivity index (χ3v) is 3.03. The summed E-state index contributed by atoms with van der Waals surface area (Å²) in [6.45, 7) is 5.27. The minimum Gasteiger partial charge on any atom is -0.454 e. The fourth-order valence-electron chi connectivity index (χ4n) is 1.96. The summed E-state index contributed by atoms with van der Waals surface area (Å²) in [6.07, 6.45) is 0.817. The highest BCUT2D eigenvalue weighted by Crippen LogP contribution is 2.30. The number of hydrogen-bond donors (Lipinski definition) is 3. The van der Waals surface area contributed by atoms with Gasteiger partial charge in [0, 0.05) is 18.0 Å². The molecule has 0 aliphatic rings. The zero-order chi connectivity index (χ0) is 18.6. The molecule has 0 bridgehead atoms. The monoisotopic (exact) mass is 348 g/mol. The number of nitrogens with one attached hydrogen (secondary N) is 1. The Labute approximate surface area is 145 Å². The molecule has 134 valence electrons. The lowest BCUT2D eigenvalue weighted by molar-refractivity contribution is 0.0523. The van der Waals surface area contributed by atoms with Gasteiger partial charge in [-0.3, -0.25) is 0 Å². The first-order chi connectivity index (χ1) is 11.7. The van der Waals surface area contributed by atoms with Crippen LogP contribution >= 0.6 is 0 Å². The molecule has 0 atom stereocenters. The number of nitrogen functional groups attached to an aromatic ring is 2. The molecule has 0 saturated heterocycles. The van der Waals surface area contributed by atoms with Crippen molar-refractivity contribution in [2.75, 3.05) is 11.5 Å². The Hall–Kier alpha value is -3.03. The van der Waals surface area contributed by atoms with Crippen LogP contribution in [0, 0.1) is 5.82 Å². The highest BCUT2D eigenvalue weighted by atomic mass is 19.1. The van der Waals surface area contributed by atoms with Gasteiger partial charge in [-0.15, -0.1) is 0 Å². The van der Waals surface area contributed by atoms with E-state index in [1.54, 1.807) is 20.8 Å². The normalized spacial score (nSPS) is 11.0. The number of anilines is 2. The minimum atomic E-state index is -0.628. The largest absolute Gasteiger partial charge is 0.454 e. The number of ether oxygens (including phenoxy) is 2. The molecule has 25 heavy (non-hydrogen) atoms. The van der Waals surface area contributed by atoms with E-state index in [0.29, 0.717) is 5.56 Å². The van der Waals surface area contributed by atoms with Crippen LogP contribution in [-0.2, 0) is 11.3 Å². The van der Waals surface area contributed by atoms with Gasteiger partial charge >= 0.3 is 6.09 Å². The molecule has 0 unspecified atom stereocenters. The van der Waals surface area contributed by atoms with Crippen LogP contribution in [-0.4, -0.2) is 16.7 Å².